The van der Waals surface area contributed by atoms with Gasteiger partial charge in [0.1, 0.15) is 5.82 Å². The van der Waals surface area contributed by atoms with Crippen molar-refractivity contribution in [1.29, 1.82) is 0 Å². The van der Waals surface area contributed by atoms with E-state index in [-0.39, 0.29) is 17.7 Å². The van der Waals surface area contributed by atoms with E-state index in [9.17, 15) is 9.59 Å². The molecule has 1 atom stereocenters. The molecule has 1 aromatic heterocycles. The van der Waals surface area contributed by atoms with Crippen molar-refractivity contribution < 1.29 is 19.1 Å². The van der Waals surface area contributed by atoms with Gasteiger partial charge in [0.15, 0.2) is 11.5 Å². The third-order valence-electron chi connectivity index (χ3n) is 6.21. The summed E-state index contributed by atoms with van der Waals surface area (Å²) in [6.45, 7) is 7.19. The highest BCUT2D eigenvalue weighted by Gasteiger charge is 2.27. The summed E-state index contributed by atoms with van der Waals surface area (Å²) < 4.78 is 10.6. The van der Waals surface area contributed by atoms with Gasteiger partial charge in [0, 0.05) is 44.8 Å². The van der Waals surface area contributed by atoms with Crippen molar-refractivity contribution >= 4 is 17.6 Å². The molecule has 0 radical (unpaired) electrons. The first-order valence-electron chi connectivity index (χ1n) is 12.0. The summed E-state index contributed by atoms with van der Waals surface area (Å²) in [5.74, 6) is 2.13. The number of nitrogens with one attached hydrogen (secondary N) is 1. The first kappa shape index (κ1) is 25.3. The zero-order valence-corrected chi connectivity index (χ0v) is 20.7. The van der Waals surface area contributed by atoms with Crippen LogP contribution in [0.15, 0.2) is 36.5 Å². The van der Waals surface area contributed by atoms with E-state index in [0.29, 0.717) is 62.0 Å². The van der Waals surface area contributed by atoms with E-state index >= 15 is 0 Å². The molecule has 0 saturated carbocycles. The average Bonchev–Trinajstić information content (AvgIpc) is 2.88. The van der Waals surface area contributed by atoms with Gasteiger partial charge in [0.05, 0.1) is 19.8 Å². The van der Waals surface area contributed by atoms with Crippen LogP contribution in [-0.2, 0) is 11.2 Å². The molecule has 34 heavy (non-hydrogen) atoms. The summed E-state index contributed by atoms with van der Waals surface area (Å²) in [4.78, 5) is 34.1. The second-order valence-electron chi connectivity index (χ2n) is 8.57. The molecule has 0 spiro atoms. The lowest BCUT2D eigenvalue weighted by atomic mass is 10.0. The van der Waals surface area contributed by atoms with E-state index in [4.69, 9.17) is 9.47 Å². The number of rotatable bonds is 10. The lowest BCUT2D eigenvalue weighted by Crippen LogP contribution is -2.50. The number of carbonyl (C=O) groups is 2. The molecule has 2 amide bonds. The molecule has 0 bridgehead atoms. The minimum Gasteiger partial charge on any atom is -0.493 e. The molecule has 8 heteroatoms. The van der Waals surface area contributed by atoms with Gasteiger partial charge in [-0.3, -0.25) is 9.59 Å². The van der Waals surface area contributed by atoms with Crippen LogP contribution in [0, 0.1) is 5.92 Å². The Kier molecular flexibility index (Phi) is 9.13. The van der Waals surface area contributed by atoms with Crippen LogP contribution in [0.3, 0.4) is 0 Å². The molecule has 1 N–H and O–H groups in total. The predicted molar refractivity (Wildman–Crippen MR) is 133 cm³/mol. The predicted octanol–water partition coefficient (Wildman–Crippen LogP) is 3.16. The highest BCUT2D eigenvalue weighted by molar-refractivity contribution is 5.99. The lowest BCUT2D eigenvalue weighted by Gasteiger charge is -2.37. The van der Waals surface area contributed by atoms with Crippen LogP contribution in [0.4, 0.5) is 5.82 Å². The molecule has 1 aliphatic heterocycles. The highest BCUT2D eigenvalue weighted by atomic mass is 16.5. The summed E-state index contributed by atoms with van der Waals surface area (Å²) in [6, 6.07) is 9.32. The smallest absolute Gasteiger partial charge is 0.255 e. The molecule has 1 fully saturated rings. The number of amides is 2. The van der Waals surface area contributed by atoms with Crippen LogP contribution in [0.25, 0.3) is 0 Å². The maximum absolute atomic E-state index is 13.0. The fourth-order valence-corrected chi connectivity index (χ4v) is 4.28. The summed E-state index contributed by atoms with van der Waals surface area (Å²) in [5.41, 5.74) is 1.59. The van der Waals surface area contributed by atoms with Crippen LogP contribution in [0.5, 0.6) is 11.5 Å². The van der Waals surface area contributed by atoms with Crippen LogP contribution in [0.1, 0.15) is 42.6 Å². The van der Waals surface area contributed by atoms with Crippen molar-refractivity contribution in [1.82, 2.24) is 15.2 Å². The van der Waals surface area contributed by atoms with Crippen LogP contribution in [-0.4, -0.2) is 68.6 Å². The van der Waals surface area contributed by atoms with Gasteiger partial charge < -0.3 is 24.6 Å². The number of ether oxygens (including phenoxy) is 2. The lowest BCUT2D eigenvalue weighted by molar-refractivity contribution is -0.135. The molecular formula is C26H36N4O4. The number of hydrogen-bond donors (Lipinski definition) is 1. The molecule has 0 aliphatic carbocycles. The molecule has 8 nitrogen and oxygen atoms in total. The topological polar surface area (TPSA) is 84.0 Å². The zero-order chi connectivity index (χ0) is 24.5. The van der Waals surface area contributed by atoms with E-state index in [0.717, 1.165) is 18.4 Å². The van der Waals surface area contributed by atoms with E-state index in [1.807, 2.05) is 30.0 Å². The minimum atomic E-state index is -0.154. The SMILES string of the molecule is CCC[C@@H](C)C(=O)N1CCN(c2ncccc2C(=O)NCCc2ccc(OC)c(OC)c2)CC1. The van der Waals surface area contributed by atoms with Gasteiger partial charge in [-0.2, -0.15) is 0 Å². The Morgan fingerprint density at radius 3 is 2.50 bits per heavy atom. The fraction of sp³-hybridized carbons (Fsp3) is 0.500. The van der Waals surface area contributed by atoms with Gasteiger partial charge in [-0.15, -0.1) is 0 Å². The van der Waals surface area contributed by atoms with Crippen LogP contribution in [0.2, 0.25) is 0 Å². The second kappa shape index (κ2) is 12.3. The number of anilines is 1. The van der Waals surface area contributed by atoms with Gasteiger partial charge in [0.2, 0.25) is 5.91 Å². The first-order valence-corrected chi connectivity index (χ1v) is 12.0. The maximum atomic E-state index is 13.0. The third-order valence-corrected chi connectivity index (χ3v) is 6.21. The van der Waals surface area contributed by atoms with Crippen molar-refractivity contribution in [3.63, 3.8) is 0 Å². The molecule has 2 aromatic rings. The number of nitrogens with zero attached hydrogens (tertiary/aromatic N) is 3. The number of benzene rings is 1. The largest absolute Gasteiger partial charge is 0.493 e. The quantitative estimate of drug-likeness (QED) is 0.577. The summed E-state index contributed by atoms with van der Waals surface area (Å²) in [5, 5.41) is 3.01. The Balaban J connectivity index is 1.58. The van der Waals surface area contributed by atoms with Crippen molar-refractivity contribution in [2.75, 3.05) is 51.8 Å². The second-order valence-corrected chi connectivity index (χ2v) is 8.57. The fourth-order valence-electron chi connectivity index (χ4n) is 4.28. The third kappa shape index (κ3) is 6.18. The summed E-state index contributed by atoms with van der Waals surface area (Å²) >= 11 is 0. The van der Waals surface area contributed by atoms with Gasteiger partial charge in [-0.1, -0.05) is 26.3 Å². The molecule has 3 rings (SSSR count). The average molecular weight is 469 g/mol. The summed E-state index contributed by atoms with van der Waals surface area (Å²) in [6.07, 6.45) is 4.28. The van der Waals surface area contributed by atoms with Gasteiger partial charge in [0.25, 0.3) is 5.91 Å². The summed E-state index contributed by atoms with van der Waals surface area (Å²) in [7, 11) is 3.21. The number of carbonyl (C=O) groups excluding carboxylic acids is 2. The van der Waals surface area contributed by atoms with E-state index in [1.54, 1.807) is 32.5 Å². The number of aromatic nitrogens is 1. The maximum Gasteiger partial charge on any atom is 0.255 e. The molecule has 1 aromatic carbocycles. The first-order chi connectivity index (χ1) is 16.5. The Hall–Kier alpha value is -3.29. The molecule has 1 aliphatic rings. The Bertz CT molecular complexity index is 973. The highest BCUT2D eigenvalue weighted by Crippen LogP contribution is 2.27. The molecule has 184 valence electrons. The van der Waals surface area contributed by atoms with Crippen molar-refractivity contribution in [3.05, 3.63) is 47.7 Å². The number of hydrogen-bond acceptors (Lipinski definition) is 6. The van der Waals surface area contributed by atoms with Crippen LogP contribution >= 0.6 is 0 Å². The van der Waals surface area contributed by atoms with Gasteiger partial charge in [-0.25, -0.2) is 4.98 Å². The molecular weight excluding hydrogens is 432 g/mol. The van der Waals surface area contributed by atoms with E-state index in [2.05, 4.69) is 22.1 Å². The normalized spacial score (nSPS) is 14.5. The standard InChI is InChI=1S/C26H36N4O4/c1-5-7-19(2)26(32)30-16-14-29(15-17-30)24-21(8-6-12-27-24)25(31)28-13-11-20-9-10-22(33-3)23(18-20)34-4/h6,8-10,12,18-19H,5,7,11,13-17H2,1-4H3,(H,28,31)/t19-/m1/s1. The van der Waals surface area contributed by atoms with E-state index < -0.39 is 0 Å². The molecule has 0 unspecified atom stereocenters. The van der Waals surface area contributed by atoms with Crippen molar-refractivity contribution in [2.45, 2.75) is 33.1 Å². The van der Waals surface area contributed by atoms with Crippen molar-refractivity contribution in [3.8, 4) is 11.5 Å². The van der Waals surface area contributed by atoms with Gasteiger partial charge in [-0.05, 0) is 42.7 Å². The molecule has 1 saturated heterocycles. The minimum absolute atomic E-state index is 0.0541. The number of piperazine rings is 1. The number of pyridine rings is 1. The van der Waals surface area contributed by atoms with Crippen LogP contribution < -0.4 is 19.7 Å². The Morgan fingerprint density at radius 1 is 1.09 bits per heavy atom. The Morgan fingerprint density at radius 2 is 1.82 bits per heavy atom. The van der Waals surface area contributed by atoms with Gasteiger partial charge >= 0.3 is 0 Å². The van der Waals surface area contributed by atoms with E-state index in [1.165, 1.54) is 0 Å². The monoisotopic (exact) mass is 468 g/mol. The molecule has 2 heterocycles. The number of methoxy groups -OCH3 is 2. The Labute approximate surface area is 202 Å². The van der Waals surface area contributed by atoms with Crippen molar-refractivity contribution in [2.24, 2.45) is 5.92 Å². The zero-order valence-electron chi connectivity index (χ0n) is 20.7.